The number of para-hydroxylation sites is 1. The Morgan fingerprint density at radius 3 is 2.38 bits per heavy atom. The van der Waals surface area contributed by atoms with Crippen LogP contribution in [0.3, 0.4) is 0 Å². The Balaban J connectivity index is 2.04. The highest BCUT2D eigenvalue weighted by Crippen LogP contribution is 2.36. The first-order chi connectivity index (χ1) is 11.5. The van der Waals surface area contributed by atoms with Crippen molar-refractivity contribution in [3.63, 3.8) is 0 Å². The standard InChI is InChI=1S/C16H8Cl2N4O2/c17-11-6-9(7-12(18)15(11)23)20-14-13(8-19)21-22(16(14)24)10-4-2-1-3-5-10/h1-7,23H/b20-14-. The minimum absolute atomic E-state index is 0.0114. The second-order valence-corrected chi connectivity index (χ2v) is 5.55. The third-order valence-electron chi connectivity index (χ3n) is 3.17. The molecule has 0 fully saturated rings. The number of benzene rings is 2. The number of phenols is 1. The number of nitriles is 1. The maximum absolute atomic E-state index is 12.5. The van der Waals surface area contributed by atoms with Gasteiger partial charge in [-0.05, 0) is 24.3 Å². The summed E-state index contributed by atoms with van der Waals surface area (Å²) in [5.41, 5.74) is 0.495. The van der Waals surface area contributed by atoms with E-state index in [9.17, 15) is 15.2 Å². The number of anilines is 1. The molecule has 8 heteroatoms. The van der Waals surface area contributed by atoms with Gasteiger partial charge in [0.15, 0.2) is 17.2 Å². The number of amides is 1. The third kappa shape index (κ3) is 2.83. The van der Waals surface area contributed by atoms with E-state index in [2.05, 4.69) is 10.1 Å². The highest BCUT2D eigenvalue weighted by atomic mass is 35.5. The van der Waals surface area contributed by atoms with Crippen molar-refractivity contribution >= 4 is 51.9 Å². The third-order valence-corrected chi connectivity index (χ3v) is 3.74. The molecule has 0 unspecified atom stereocenters. The molecular weight excluding hydrogens is 351 g/mol. The van der Waals surface area contributed by atoms with Crippen molar-refractivity contribution in [2.24, 2.45) is 10.1 Å². The maximum atomic E-state index is 12.5. The topological polar surface area (TPSA) is 89.0 Å². The van der Waals surface area contributed by atoms with E-state index in [-0.39, 0.29) is 32.9 Å². The summed E-state index contributed by atoms with van der Waals surface area (Å²) in [7, 11) is 0. The summed E-state index contributed by atoms with van der Waals surface area (Å²) in [4.78, 5) is 16.7. The van der Waals surface area contributed by atoms with Gasteiger partial charge in [0.2, 0.25) is 0 Å². The van der Waals surface area contributed by atoms with Crippen molar-refractivity contribution in [1.82, 2.24) is 0 Å². The molecule has 0 aliphatic carbocycles. The molecular formula is C16H8Cl2N4O2. The van der Waals surface area contributed by atoms with E-state index in [0.29, 0.717) is 5.69 Å². The maximum Gasteiger partial charge on any atom is 0.300 e. The van der Waals surface area contributed by atoms with Crippen LogP contribution in [0.2, 0.25) is 10.0 Å². The van der Waals surface area contributed by atoms with E-state index in [1.165, 1.54) is 12.1 Å². The van der Waals surface area contributed by atoms with E-state index < -0.39 is 5.91 Å². The van der Waals surface area contributed by atoms with Crippen LogP contribution in [-0.2, 0) is 4.79 Å². The number of hydrogen-bond acceptors (Lipinski definition) is 5. The molecule has 1 heterocycles. The van der Waals surface area contributed by atoms with Crippen LogP contribution in [0.25, 0.3) is 0 Å². The minimum Gasteiger partial charge on any atom is -0.505 e. The number of carbonyl (C=O) groups is 1. The number of carbonyl (C=O) groups excluding carboxylic acids is 1. The number of phenolic OH excluding ortho intramolecular Hbond substituents is 1. The monoisotopic (exact) mass is 358 g/mol. The van der Waals surface area contributed by atoms with Crippen molar-refractivity contribution in [3.8, 4) is 11.8 Å². The average molecular weight is 359 g/mol. The quantitative estimate of drug-likeness (QED) is 0.887. The van der Waals surface area contributed by atoms with Gasteiger partial charge in [-0.3, -0.25) is 4.79 Å². The van der Waals surface area contributed by atoms with Gasteiger partial charge in [-0.15, -0.1) is 0 Å². The Morgan fingerprint density at radius 1 is 1.17 bits per heavy atom. The number of aliphatic imine (C=N–C) groups is 1. The van der Waals surface area contributed by atoms with Gasteiger partial charge in [-0.1, -0.05) is 41.4 Å². The molecule has 1 amide bonds. The molecule has 2 aromatic rings. The van der Waals surface area contributed by atoms with Crippen molar-refractivity contribution in [2.45, 2.75) is 0 Å². The van der Waals surface area contributed by atoms with Crippen molar-refractivity contribution in [2.75, 3.05) is 5.01 Å². The summed E-state index contributed by atoms with van der Waals surface area (Å²) in [6.07, 6.45) is 0. The molecule has 6 nitrogen and oxygen atoms in total. The van der Waals surface area contributed by atoms with Crippen LogP contribution < -0.4 is 5.01 Å². The summed E-state index contributed by atoms with van der Waals surface area (Å²) in [5, 5.41) is 23.9. The van der Waals surface area contributed by atoms with Gasteiger partial charge < -0.3 is 5.11 Å². The molecule has 2 aromatic carbocycles. The SMILES string of the molecule is N#CC1=NN(c2ccccc2)C(=O)/C1=N\c1cc(Cl)c(O)c(Cl)c1. The second kappa shape index (κ2) is 6.32. The first-order valence-electron chi connectivity index (χ1n) is 6.66. The minimum atomic E-state index is -0.543. The summed E-state index contributed by atoms with van der Waals surface area (Å²) < 4.78 is 0. The van der Waals surface area contributed by atoms with E-state index in [4.69, 9.17) is 23.2 Å². The van der Waals surface area contributed by atoms with Crippen molar-refractivity contribution < 1.29 is 9.90 Å². The van der Waals surface area contributed by atoms with E-state index in [1.54, 1.807) is 30.3 Å². The lowest BCUT2D eigenvalue weighted by atomic mass is 10.2. The summed E-state index contributed by atoms with van der Waals surface area (Å²) >= 11 is 11.7. The number of halogens is 2. The summed E-state index contributed by atoms with van der Waals surface area (Å²) in [5.74, 6) is -0.821. The molecule has 0 spiro atoms. The van der Waals surface area contributed by atoms with Crippen LogP contribution in [0.15, 0.2) is 52.6 Å². The molecule has 118 valence electrons. The fourth-order valence-electron chi connectivity index (χ4n) is 2.06. The second-order valence-electron chi connectivity index (χ2n) is 4.73. The Kier molecular flexibility index (Phi) is 4.21. The molecule has 1 N–H and O–H groups in total. The van der Waals surface area contributed by atoms with Gasteiger partial charge in [-0.25, -0.2) is 4.99 Å². The highest BCUT2D eigenvalue weighted by Gasteiger charge is 2.33. The molecule has 0 radical (unpaired) electrons. The van der Waals surface area contributed by atoms with Crippen LogP contribution in [0.4, 0.5) is 11.4 Å². The molecule has 0 atom stereocenters. The lowest BCUT2D eigenvalue weighted by Gasteiger charge is -2.10. The number of rotatable bonds is 2. The van der Waals surface area contributed by atoms with Gasteiger partial charge >= 0.3 is 0 Å². The van der Waals surface area contributed by atoms with Gasteiger partial charge in [-0.2, -0.15) is 15.4 Å². The zero-order valence-corrected chi connectivity index (χ0v) is 13.5. The van der Waals surface area contributed by atoms with Crippen LogP contribution in [0, 0.1) is 11.3 Å². The molecule has 3 rings (SSSR count). The van der Waals surface area contributed by atoms with Gasteiger partial charge in [0, 0.05) is 0 Å². The van der Waals surface area contributed by atoms with Gasteiger partial charge in [0.05, 0.1) is 21.4 Å². The average Bonchev–Trinajstić information content (AvgIpc) is 2.89. The highest BCUT2D eigenvalue weighted by molar-refractivity contribution is 6.74. The van der Waals surface area contributed by atoms with E-state index in [1.807, 2.05) is 6.07 Å². The van der Waals surface area contributed by atoms with Crippen LogP contribution in [0.5, 0.6) is 5.75 Å². The molecule has 1 aliphatic heterocycles. The van der Waals surface area contributed by atoms with Crippen molar-refractivity contribution in [3.05, 3.63) is 52.5 Å². The number of hydrazone groups is 1. The Labute approximate surface area is 146 Å². The van der Waals surface area contributed by atoms with Crippen molar-refractivity contribution in [1.29, 1.82) is 5.26 Å². The molecule has 1 aliphatic rings. The van der Waals surface area contributed by atoms with E-state index in [0.717, 1.165) is 5.01 Å². The fourth-order valence-corrected chi connectivity index (χ4v) is 2.54. The molecule has 0 aromatic heterocycles. The van der Waals surface area contributed by atoms with Crippen LogP contribution in [0.1, 0.15) is 0 Å². The number of hydrogen-bond donors (Lipinski definition) is 1. The summed E-state index contributed by atoms with van der Waals surface area (Å²) in [6.45, 7) is 0. The molecule has 0 saturated heterocycles. The van der Waals surface area contributed by atoms with Gasteiger partial charge in [0.1, 0.15) is 6.07 Å². The number of aromatic hydroxyl groups is 1. The van der Waals surface area contributed by atoms with Crippen LogP contribution in [-0.4, -0.2) is 22.4 Å². The smallest absolute Gasteiger partial charge is 0.300 e. The lowest BCUT2D eigenvalue weighted by molar-refractivity contribution is -0.112. The van der Waals surface area contributed by atoms with E-state index >= 15 is 0 Å². The van der Waals surface area contributed by atoms with Crippen LogP contribution >= 0.6 is 23.2 Å². The zero-order valence-electron chi connectivity index (χ0n) is 11.9. The predicted octanol–water partition coefficient (Wildman–Crippen LogP) is 3.70. The molecule has 0 bridgehead atoms. The molecule has 0 saturated carbocycles. The normalized spacial score (nSPS) is 15.5. The molecule has 24 heavy (non-hydrogen) atoms. The lowest BCUT2D eigenvalue weighted by Crippen LogP contribution is -2.27. The Bertz CT molecular complexity index is 910. The summed E-state index contributed by atoms with van der Waals surface area (Å²) in [6, 6.07) is 13.2. The fraction of sp³-hybridized carbons (Fsp3) is 0. The Morgan fingerprint density at radius 2 is 1.79 bits per heavy atom. The zero-order chi connectivity index (χ0) is 17.3. The number of nitrogens with zero attached hydrogens (tertiary/aromatic N) is 4. The first-order valence-corrected chi connectivity index (χ1v) is 7.42. The largest absolute Gasteiger partial charge is 0.505 e. The first kappa shape index (κ1) is 16.0. The predicted molar refractivity (Wildman–Crippen MR) is 92.2 cm³/mol. The Hall–Kier alpha value is -2.88. The van der Waals surface area contributed by atoms with Gasteiger partial charge in [0.25, 0.3) is 5.91 Å².